The van der Waals surface area contributed by atoms with Crippen LogP contribution in [0, 0.1) is 24.1 Å². The Balaban J connectivity index is 1.90. The number of carbonyl (C=O) groups excluding carboxylic acids is 1. The van der Waals surface area contributed by atoms with E-state index in [1.807, 2.05) is 13.8 Å². The minimum absolute atomic E-state index is 0.112. The zero-order chi connectivity index (χ0) is 20.5. The van der Waals surface area contributed by atoms with Crippen LogP contribution in [0.3, 0.4) is 0 Å². The lowest BCUT2D eigenvalue weighted by molar-refractivity contribution is -0.151. The molecule has 0 spiro atoms. The number of halogens is 1. The van der Waals surface area contributed by atoms with Gasteiger partial charge in [0.1, 0.15) is 17.7 Å². The van der Waals surface area contributed by atoms with Gasteiger partial charge in [-0.15, -0.1) is 5.10 Å². The molecule has 1 amide bonds. The van der Waals surface area contributed by atoms with Crippen LogP contribution in [0.5, 0.6) is 0 Å². The molecule has 1 fully saturated rings. The normalized spacial score (nSPS) is 20.5. The summed E-state index contributed by atoms with van der Waals surface area (Å²) < 4.78 is 15.0. The lowest BCUT2D eigenvalue weighted by Crippen LogP contribution is -2.43. The van der Waals surface area contributed by atoms with Crippen LogP contribution < -0.4 is 0 Å². The number of tetrazole rings is 1. The first-order valence-corrected chi connectivity index (χ1v) is 9.25. The van der Waals surface area contributed by atoms with Gasteiger partial charge in [-0.25, -0.2) is 9.07 Å². The van der Waals surface area contributed by atoms with Crippen molar-refractivity contribution in [1.29, 1.82) is 0 Å². The van der Waals surface area contributed by atoms with Gasteiger partial charge in [-0.2, -0.15) is 0 Å². The molecule has 28 heavy (non-hydrogen) atoms. The van der Waals surface area contributed by atoms with Crippen molar-refractivity contribution in [2.24, 2.45) is 11.3 Å². The van der Waals surface area contributed by atoms with E-state index in [0.717, 1.165) is 0 Å². The van der Waals surface area contributed by atoms with Gasteiger partial charge in [0.25, 0.3) is 0 Å². The van der Waals surface area contributed by atoms with E-state index in [-0.39, 0.29) is 30.6 Å². The summed E-state index contributed by atoms with van der Waals surface area (Å²) in [5, 5.41) is 21.2. The summed E-state index contributed by atoms with van der Waals surface area (Å²) in [5.74, 6) is -1.19. The molecule has 1 aliphatic heterocycles. The van der Waals surface area contributed by atoms with E-state index in [9.17, 15) is 19.1 Å². The van der Waals surface area contributed by atoms with E-state index >= 15 is 0 Å². The maximum absolute atomic E-state index is 13.6. The maximum Gasteiger partial charge on any atom is 0.311 e. The first kappa shape index (κ1) is 19.9. The molecule has 1 aromatic heterocycles. The first-order chi connectivity index (χ1) is 13.2. The molecule has 3 rings (SSSR count). The molecule has 2 aromatic rings. The van der Waals surface area contributed by atoms with Crippen LogP contribution in [0.25, 0.3) is 0 Å². The minimum Gasteiger partial charge on any atom is -0.481 e. The number of rotatable bonds is 6. The van der Waals surface area contributed by atoms with Crippen LogP contribution in [0.1, 0.15) is 37.7 Å². The van der Waals surface area contributed by atoms with Crippen LogP contribution in [0.2, 0.25) is 0 Å². The molecule has 2 atom stereocenters. The van der Waals surface area contributed by atoms with Crippen molar-refractivity contribution in [3.63, 3.8) is 0 Å². The van der Waals surface area contributed by atoms with Crippen molar-refractivity contribution in [2.45, 2.75) is 39.7 Å². The predicted molar refractivity (Wildman–Crippen MR) is 97.8 cm³/mol. The number of aromatic nitrogens is 4. The number of aryl methyl sites for hydroxylation is 1. The number of aliphatic carboxylic acids is 1. The summed E-state index contributed by atoms with van der Waals surface area (Å²) in [6.07, 6.45) is 0.605. The molecule has 1 aromatic carbocycles. The Morgan fingerprint density at radius 3 is 2.64 bits per heavy atom. The summed E-state index contributed by atoms with van der Waals surface area (Å²) in [6, 6.07) is 5.27. The van der Waals surface area contributed by atoms with Crippen LogP contribution in [0.4, 0.5) is 4.39 Å². The van der Waals surface area contributed by atoms with Gasteiger partial charge in [0.15, 0.2) is 0 Å². The van der Waals surface area contributed by atoms with E-state index < -0.39 is 17.4 Å². The van der Waals surface area contributed by atoms with Crippen LogP contribution in [0.15, 0.2) is 24.3 Å². The molecule has 0 bridgehead atoms. The number of likely N-dealkylation sites (tertiary alicyclic amines) is 1. The third-order valence-corrected chi connectivity index (χ3v) is 5.70. The number of carboxylic acids is 1. The van der Waals surface area contributed by atoms with Gasteiger partial charge in [-0.05, 0) is 47.4 Å². The zero-order valence-corrected chi connectivity index (χ0v) is 16.2. The van der Waals surface area contributed by atoms with Crippen molar-refractivity contribution >= 4 is 11.9 Å². The standard InChI is InChI=1S/C19H24FN5O3/c1-12(2)19(18(27)28)7-8-24(11-19)17(26)16(25-13(3)21-22-23-25)10-14-5-4-6-15(20)9-14/h4-6,9,12,16H,7-8,10-11H2,1-3H3,(H,27,28). The Bertz CT molecular complexity index is 884. The Labute approximate surface area is 162 Å². The summed E-state index contributed by atoms with van der Waals surface area (Å²) in [7, 11) is 0. The average molecular weight is 389 g/mol. The Morgan fingerprint density at radius 2 is 2.11 bits per heavy atom. The molecule has 0 saturated carbocycles. The molecular formula is C19H24FN5O3. The lowest BCUT2D eigenvalue weighted by Gasteiger charge is -2.30. The molecule has 2 heterocycles. The summed E-state index contributed by atoms with van der Waals surface area (Å²) in [6.45, 7) is 5.89. The van der Waals surface area contributed by atoms with Gasteiger partial charge in [0.2, 0.25) is 5.91 Å². The Kier molecular flexibility index (Phi) is 5.44. The van der Waals surface area contributed by atoms with Gasteiger partial charge in [-0.3, -0.25) is 9.59 Å². The minimum atomic E-state index is -0.964. The van der Waals surface area contributed by atoms with Crippen molar-refractivity contribution in [2.75, 3.05) is 13.1 Å². The first-order valence-electron chi connectivity index (χ1n) is 9.25. The van der Waals surface area contributed by atoms with E-state index in [1.54, 1.807) is 24.0 Å². The topological polar surface area (TPSA) is 101 Å². The maximum atomic E-state index is 13.6. The van der Waals surface area contributed by atoms with Gasteiger partial charge in [0, 0.05) is 19.5 Å². The molecule has 1 N–H and O–H groups in total. The number of carboxylic acid groups (broad SMARTS) is 1. The zero-order valence-electron chi connectivity index (χ0n) is 16.2. The fraction of sp³-hybridized carbons (Fsp3) is 0.526. The highest BCUT2D eigenvalue weighted by molar-refractivity contribution is 5.83. The summed E-state index contributed by atoms with van der Waals surface area (Å²) in [5.41, 5.74) is -0.324. The number of hydrogen-bond acceptors (Lipinski definition) is 5. The molecule has 9 heteroatoms. The van der Waals surface area contributed by atoms with E-state index in [4.69, 9.17) is 0 Å². The molecule has 8 nitrogen and oxygen atoms in total. The van der Waals surface area contributed by atoms with Crippen molar-refractivity contribution in [3.8, 4) is 0 Å². The quantitative estimate of drug-likeness (QED) is 0.809. The van der Waals surface area contributed by atoms with E-state index in [2.05, 4.69) is 15.5 Å². The molecule has 2 unspecified atom stereocenters. The number of nitrogens with zero attached hydrogens (tertiary/aromatic N) is 5. The lowest BCUT2D eigenvalue weighted by atomic mass is 9.76. The number of hydrogen-bond donors (Lipinski definition) is 1. The third kappa shape index (κ3) is 3.61. The molecule has 1 aliphatic rings. The number of benzene rings is 1. The second-order valence-corrected chi connectivity index (χ2v) is 7.65. The summed E-state index contributed by atoms with van der Waals surface area (Å²) >= 11 is 0. The molecule has 0 radical (unpaired) electrons. The Morgan fingerprint density at radius 1 is 1.36 bits per heavy atom. The number of amides is 1. The highest BCUT2D eigenvalue weighted by Gasteiger charge is 2.49. The largest absolute Gasteiger partial charge is 0.481 e. The summed E-state index contributed by atoms with van der Waals surface area (Å²) in [4.78, 5) is 26.8. The second kappa shape index (κ2) is 7.65. The van der Waals surface area contributed by atoms with Gasteiger partial charge in [-0.1, -0.05) is 26.0 Å². The predicted octanol–water partition coefficient (Wildman–Crippen LogP) is 1.86. The van der Waals surface area contributed by atoms with E-state index in [0.29, 0.717) is 24.4 Å². The second-order valence-electron chi connectivity index (χ2n) is 7.65. The fourth-order valence-corrected chi connectivity index (χ4v) is 3.82. The highest BCUT2D eigenvalue weighted by atomic mass is 19.1. The Hall–Kier alpha value is -2.84. The van der Waals surface area contributed by atoms with Gasteiger partial charge in [0.05, 0.1) is 5.41 Å². The molecule has 1 saturated heterocycles. The van der Waals surface area contributed by atoms with Crippen molar-refractivity contribution < 1.29 is 19.1 Å². The third-order valence-electron chi connectivity index (χ3n) is 5.70. The smallest absolute Gasteiger partial charge is 0.311 e. The van der Waals surface area contributed by atoms with Gasteiger partial charge < -0.3 is 10.0 Å². The SMILES string of the molecule is Cc1nnnn1C(Cc1cccc(F)c1)C(=O)N1CCC(C(=O)O)(C(C)C)C1. The van der Waals surface area contributed by atoms with Gasteiger partial charge >= 0.3 is 5.97 Å². The monoisotopic (exact) mass is 389 g/mol. The van der Waals surface area contributed by atoms with Crippen molar-refractivity contribution in [3.05, 3.63) is 41.5 Å². The highest BCUT2D eigenvalue weighted by Crippen LogP contribution is 2.39. The molecule has 150 valence electrons. The van der Waals surface area contributed by atoms with Crippen LogP contribution in [-0.4, -0.2) is 55.2 Å². The van der Waals surface area contributed by atoms with E-state index in [1.165, 1.54) is 16.8 Å². The van der Waals surface area contributed by atoms with Crippen LogP contribution in [-0.2, 0) is 16.0 Å². The fourth-order valence-electron chi connectivity index (χ4n) is 3.82. The number of carbonyl (C=O) groups is 2. The molecular weight excluding hydrogens is 365 g/mol. The molecule has 0 aliphatic carbocycles. The van der Waals surface area contributed by atoms with Crippen LogP contribution >= 0.6 is 0 Å². The average Bonchev–Trinajstić information content (AvgIpc) is 3.26. The van der Waals surface area contributed by atoms with Crippen molar-refractivity contribution in [1.82, 2.24) is 25.1 Å².